The smallest absolute Gasteiger partial charge is 0.319 e. The first-order valence-electron chi connectivity index (χ1n) is 7.80. The van der Waals surface area contributed by atoms with E-state index in [1.54, 1.807) is 16.7 Å². The van der Waals surface area contributed by atoms with E-state index in [0.717, 1.165) is 32.5 Å². The standard InChI is InChI=1S/C15H27N3O3/c1-11(14(19)20)13-9-18(10-13)15(21)17(3)8-12-4-6-16(2)7-5-12/h11-13H,4-10H2,1-3H3,(H,19,20). The van der Waals surface area contributed by atoms with E-state index in [0.29, 0.717) is 19.0 Å². The first-order chi connectivity index (χ1) is 9.88. The van der Waals surface area contributed by atoms with Crippen molar-refractivity contribution in [2.75, 3.05) is 46.8 Å². The Morgan fingerprint density at radius 3 is 2.38 bits per heavy atom. The molecule has 0 aromatic carbocycles. The van der Waals surface area contributed by atoms with Crippen LogP contribution in [-0.2, 0) is 4.79 Å². The Bertz CT molecular complexity index is 388. The molecule has 0 saturated carbocycles. The Kier molecular flexibility index (Phi) is 5.08. The number of aliphatic carboxylic acids is 1. The number of carboxylic acids is 1. The molecular formula is C15H27N3O3. The number of rotatable bonds is 4. The Balaban J connectivity index is 1.73. The van der Waals surface area contributed by atoms with Gasteiger partial charge in [0.2, 0.25) is 0 Å². The van der Waals surface area contributed by atoms with E-state index in [9.17, 15) is 9.59 Å². The van der Waals surface area contributed by atoms with Gasteiger partial charge in [-0.05, 0) is 38.9 Å². The van der Waals surface area contributed by atoms with Gasteiger partial charge >= 0.3 is 12.0 Å². The number of carbonyl (C=O) groups excluding carboxylic acids is 1. The molecule has 0 radical (unpaired) electrons. The van der Waals surface area contributed by atoms with Crippen LogP contribution in [0.1, 0.15) is 19.8 Å². The third-order valence-corrected chi connectivity index (χ3v) is 4.97. The normalized spacial score (nSPS) is 22.7. The van der Waals surface area contributed by atoms with Crippen molar-refractivity contribution in [1.82, 2.24) is 14.7 Å². The van der Waals surface area contributed by atoms with Crippen LogP contribution in [0.5, 0.6) is 0 Å². The molecule has 2 aliphatic rings. The van der Waals surface area contributed by atoms with Crippen molar-refractivity contribution in [3.63, 3.8) is 0 Å². The molecule has 2 amide bonds. The minimum Gasteiger partial charge on any atom is -0.481 e. The molecule has 0 bridgehead atoms. The zero-order valence-electron chi connectivity index (χ0n) is 13.3. The third kappa shape index (κ3) is 3.87. The van der Waals surface area contributed by atoms with Crippen molar-refractivity contribution in [3.05, 3.63) is 0 Å². The van der Waals surface area contributed by atoms with Gasteiger partial charge < -0.3 is 19.8 Å². The number of hydrogen-bond donors (Lipinski definition) is 1. The quantitative estimate of drug-likeness (QED) is 0.842. The van der Waals surface area contributed by atoms with E-state index < -0.39 is 5.97 Å². The maximum Gasteiger partial charge on any atom is 0.319 e. The highest BCUT2D eigenvalue weighted by molar-refractivity contribution is 5.76. The number of piperidine rings is 1. The molecule has 2 aliphatic heterocycles. The van der Waals surface area contributed by atoms with E-state index in [1.807, 2.05) is 7.05 Å². The number of urea groups is 1. The first-order valence-corrected chi connectivity index (χ1v) is 7.80. The Morgan fingerprint density at radius 2 is 1.86 bits per heavy atom. The molecule has 2 saturated heterocycles. The molecule has 0 aromatic rings. The Labute approximate surface area is 126 Å². The summed E-state index contributed by atoms with van der Waals surface area (Å²) in [5, 5.41) is 8.97. The molecule has 2 rings (SSSR count). The first kappa shape index (κ1) is 16.1. The molecule has 120 valence electrons. The van der Waals surface area contributed by atoms with Crippen molar-refractivity contribution in [3.8, 4) is 0 Å². The Hall–Kier alpha value is -1.30. The highest BCUT2D eigenvalue weighted by atomic mass is 16.4. The van der Waals surface area contributed by atoms with Crippen LogP contribution < -0.4 is 0 Å². The molecule has 0 aliphatic carbocycles. The second-order valence-corrected chi connectivity index (χ2v) is 6.70. The van der Waals surface area contributed by atoms with E-state index in [2.05, 4.69) is 11.9 Å². The molecule has 1 atom stereocenters. The van der Waals surface area contributed by atoms with Crippen molar-refractivity contribution < 1.29 is 14.7 Å². The maximum atomic E-state index is 12.3. The van der Waals surface area contributed by atoms with Gasteiger partial charge in [0.15, 0.2) is 0 Å². The van der Waals surface area contributed by atoms with Crippen LogP contribution in [-0.4, -0.2) is 78.6 Å². The predicted octanol–water partition coefficient (Wildman–Crippen LogP) is 1.03. The number of amides is 2. The van der Waals surface area contributed by atoms with Gasteiger partial charge in [-0.15, -0.1) is 0 Å². The van der Waals surface area contributed by atoms with Gasteiger partial charge in [0.1, 0.15) is 0 Å². The minimum absolute atomic E-state index is 0.0442. The molecule has 2 fully saturated rings. The average Bonchev–Trinajstić information content (AvgIpc) is 2.39. The molecule has 0 spiro atoms. The highest BCUT2D eigenvalue weighted by Crippen LogP contribution is 2.25. The van der Waals surface area contributed by atoms with Gasteiger partial charge in [-0.2, -0.15) is 0 Å². The summed E-state index contributed by atoms with van der Waals surface area (Å²) in [5.74, 6) is -0.451. The van der Waals surface area contributed by atoms with Crippen molar-refractivity contribution in [2.24, 2.45) is 17.8 Å². The molecule has 6 heteroatoms. The van der Waals surface area contributed by atoms with Crippen molar-refractivity contribution >= 4 is 12.0 Å². The third-order valence-electron chi connectivity index (χ3n) is 4.97. The maximum absolute atomic E-state index is 12.3. The van der Waals surface area contributed by atoms with Crippen LogP contribution in [0.2, 0.25) is 0 Å². The van der Waals surface area contributed by atoms with Crippen LogP contribution in [0.4, 0.5) is 4.79 Å². The minimum atomic E-state index is -0.772. The Morgan fingerprint density at radius 1 is 1.29 bits per heavy atom. The molecule has 2 heterocycles. The largest absolute Gasteiger partial charge is 0.481 e. The van der Waals surface area contributed by atoms with Crippen LogP contribution in [0.25, 0.3) is 0 Å². The molecule has 1 unspecified atom stereocenters. The van der Waals surface area contributed by atoms with Gasteiger partial charge in [0.05, 0.1) is 5.92 Å². The molecule has 6 nitrogen and oxygen atoms in total. The molecular weight excluding hydrogens is 270 g/mol. The van der Waals surface area contributed by atoms with Crippen molar-refractivity contribution in [2.45, 2.75) is 19.8 Å². The number of carboxylic acid groups (broad SMARTS) is 1. The number of likely N-dealkylation sites (tertiary alicyclic amines) is 2. The lowest BCUT2D eigenvalue weighted by atomic mass is 9.87. The SMILES string of the molecule is CC(C(=O)O)C1CN(C(=O)N(C)CC2CCN(C)CC2)C1. The lowest BCUT2D eigenvalue weighted by Gasteiger charge is -2.43. The number of hydrogen-bond acceptors (Lipinski definition) is 3. The van der Waals surface area contributed by atoms with Gasteiger partial charge in [0, 0.05) is 32.6 Å². The topological polar surface area (TPSA) is 64.1 Å². The van der Waals surface area contributed by atoms with E-state index in [1.165, 1.54) is 0 Å². The van der Waals surface area contributed by atoms with Crippen LogP contribution in [0.15, 0.2) is 0 Å². The zero-order valence-corrected chi connectivity index (χ0v) is 13.3. The molecule has 0 aromatic heterocycles. The molecule has 21 heavy (non-hydrogen) atoms. The number of carbonyl (C=O) groups is 2. The fourth-order valence-electron chi connectivity index (χ4n) is 3.14. The van der Waals surface area contributed by atoms with Gasteiger partial charge in [-0.3, -0.25) is 4.79 Å². The predicted molar refractivity (Wildman–Crippen MR) is 80.1 cm³/mol. The fraction of sp³-hybridized carbons (Fsp3) is 0.867. The van der Waals surface area contributed by atoms with Crippen LogP contribution in [0.3, 0.4) is 0 Å². The van der Waals surface area contributed by atoms with Gasteiger partial charge in [-0.25, -0.2) is 4.79 Å². The second kappa shape index (κ2) is 6.64. The van der Waals surface area contributed by atoms with Crippen LogP contribution in [0, 0.1) is 17.8 Å². The summed E-state index contributed by atoms with van der Waals surface area (Å²) in [4.78, 5) is 29.1. The van der Waals surface area contributed by atoms with Crippen molar-refractivity contribution in [1.29, 1.82) is 0 Å². The summed E-state index contributed by atoms with van der Waals surface area (Å²) >= 11 is 0. The summed E-state index contributed by atoms with van der Waals surface area (Å²) in [6.07, 6.45) is 2.29. The lowest BCUT2D eigenvalue weighted by Crippen LogP contribution is -2.57. The highest BCUT2D eigenvalue weighted by Gasteiger charge is 2.38. The van der Waals surface area contributed by atoms with Gasteiger partial charge in [-0.1, -0.05) is 6.92 Å². The summed E-state index contributed by atoms with van der Waals surface area (Å²) in [5.41, 5.74) is 0. The molecule has 1 N–H and O–H groups in total. The monoisotopic (exact) mass is 297 g/mol. The number of nitrogens with zero attached hydrogens (tertiary/aromatic N) is 3. The van der Waals surface area contributed by atoms with E-state index in [-0.39, 0.29) is 17.9 Å². The fourth-order valence-corrected chi connectivity index (χ4v) is 3.14. The summed E-state index contributed by atoms with van der Waals surface area (Å²) in [6.45, 7) is 5.89. The summed E-state index contributed by atoms with van der Waals surface area (Å²) in [6, 6.07) is 0.0442. The van der Waals surface area contributed by atoms with E-state index >= 15 is 0 Å². The van der Waals surface area contributed by atoms with Crippen LogP contribution >= 0.6 is 0 Å². The van der Waals surface area contributed by atoms with Gasteiger partial charge in [0.25, 0.3) is 0 Å². The summed E-state index contributed by atoms with van der Waals surface area (Å²) in [7, 11) is 3.99. The summed E-state index contributed by atoms with van der Waals surface area (Å²) < 4.78 is 0. The lowest BCUT2D eigenvalue weighted by molar-refractivity contribution is -0.144. The zero-order chi connectivity index (χ0) is 15.6. The average molecular weight is 297 g/mol. The second-order valence-electron chi connectivity index (χ2n) is 6.70. The van der Waals surface area contributed by atoms with E-state index in [4.69, 9.17) is 5.11 Å².